The van der Waals surface area contributed by atoms with E-state index in [4.69, 9.17) is 25.6 Å². The lowest BCUT2D eigenvalue weighted by molar-refractivity contribution is -0.0258. The fourth-order valence-corrected chi connectivity index (χ4v) is 4.78. The minimum atomic E-state index is -4.00. The van der Waals surface area contributed by atoms with Crippen molar-refractivity contribution in [3.63, 3.8) is 0 Å². The first-order valence-electron chi connectivity index (χ1n) is 9.73. The Bertz CT molecular complexity index is 1020. The number of benzene rings is 1. The van der Waals surface area contributed by atoms with E-state index in [1.54, 1.807) is 0 Å². The molecule has 1 amide bonds. The third kappa shape index (κ3) is 5.46. The molecule has 1 unspecified atom stereocenters. The summed E-state index contributed by atoms with van der Waals surface area (Å²) >= 11 is 6.07. The number of amides is 1. The van der Waals surface area contributed by atoms with Gasteiger partial charge in [-0.3, -0.25) is 14.5 Å². The number of nitrogens with zero attached hydrogens (tertiary/aromatic N) is 2. The van der Waals surface area contributed by atoms with Crippen molar-refractivity contribution >= 4 is 27.5 Å². The highest BCUT2D eigenvalue weighted by atomic mass is 35.5. The van der Waals surface area contributed by atoms with Crippen LogP contribution in [0.1, 0.15) is 27.9 Å². The molecule has 0 radical (unpaired) electrons. The van der Waals surface area contributed by atoms with E-state index >= 15 is 0 Å². The number of halogens is 1. The van der Waals surface area contributed by atoms with Crippen LogP contribution in [0.3, 0.4) is 0 Å². The van der Waals surface area contributed by atoms with Gasteiger partial charge in [0.15, 0.2) is 0 Å². The molecule has 2 heterocycles. The van der Waals surface area contributed by atoms with Gasteiger partial charge in [0.05, 0.1) is 31.4 Å². The summed E-state index contributed by atoms with van der Waals surface area (Å²) in [7, 11) is -1.53. The number of hydrogen-bond acceptors (Lipinski definition) is 7. The molecule has 11 heteroatoms. The maximum Gasteiger partial charge on any atom is 0.266 e. The van der Waals surface area contributed by atoms with Crippen molar-refractivity contribution < 1.29 is 27.2 Å². The number of carbonyl (C=O) groups is 1. The number of hydrogen-bond donors (Lipinski definition) is 1. The maximum absolute atomic E-state index is 12.8. The normalized spacial score (nSPS) is 16.4. The van der Waals surface area contributed by atoms with Crippen molar-refractivity contribution in [1.29, 1.82) is 0 Å². The highest BCUT2D eigenvalue weighted by molar-refractivity contribution is 7.89. The molecule has 2 aromatic rings. The van der Waals surface area contributed by atoms with Crippen molar-refractivity contribution in [2.45, 2.75) is 17.9 Å². The summed E-state index contributed by atoms with van der Waals surface area (Å²) in [5.74, 6) is 1.12. The van der Waals surface area contributed by atoms with Crippen LogP contribution in [0.4, 0.5) is 0 Å². The Balaban J connectivity index is 1.79. The van der Waals surface area contributed by atoms with Gasteiger partial charge in [-0.2, -0.15) is 0 Å². The smallest absolute Gasteiger partial charge is 0.266 e. The lowest BCUT2D eigenvalue weighted by Crippen LogP contribution is -2.43. The first-order chi connectivity index (χ1) is 14.7. The summed E-state index contributed by atoms with van der Waals surface area (Å²) in [4.78, 5) is 19.6. The van der Waals surface area contributed by atoms with Crippen molar-refractivity contribution in [3.05, 3.63) is 52.4 Å². The number of furan rings is 1. The zero-order chi connectivity index (χ0) is 22.6. The number of hydroxylamine groups is 1. The van der Waals surface area contributed by atoms with Crippen LogP contribution in [0.5, 0.6) is 0 Å². The summed E-state index contributed by atoms with van der Waals surface area (Å²) in [6.45, 7) is 4.80. The Morgan fingerprint density at radius 2 is 2.00 bits per heavy atom. The predicted octanol–water partition coefficient (Wildman–Crippen LogP) is 2.23. The fourth-order valence-electron chi connectivity index (χ4n) is 3.30. The van der Waals surface area contributed by atoms with E-state index in [9.17, 15) is 13.2 Å². The number of morpholine rings is 1. The average molecular weight is 472 g/mol. The van der Waals surface area contributed by atoms with E-state index in [1.165, 1.54) is 32.4 Å². The monoisotopic (exact) mass is 471 g/mol. The second kappa shape index (κ2) is 10.1. The van der Waals surface area contributed by atoms with Gasteiger partial charge in [-0.1, -0.05) is 16.1 Å². The number of nitrogens with one attached hydrogen (secondary N) is 1. The molecule has 0 aliphatic carbocycles. The van der Waals surface area contributed by atoms with E-state index in [-0.39, 0.29) is 28.1 Å². The van der Waals surface area contributed by atoms with E-state index in [2.05, 4.69) is 10.2 Å². The Hall–Kier alpha value is -1.95. The second-order valence-electron chi connectivity index (χ2n) is 7.07. The first-order valence-corrected chi connectivity index (χ1v) is 11.5. The van der Waals surface area contributed by atoms with Crippen LogP contribution >= 0.6 is 11.6 Å². The van der Waals surface area contributed by atoms with Gasteiger partial charge < -0.3 is 14.5 Å². The van der Waals surface area contributed by atoms with Crippen LogP contribution in [0, 0.1) is 6.92 Å². The van der Waals surface area contributed by atoms with E-state index in [0.29, 0.717) is 30.8 Å². The highest BCUT2D eigenvalue weighted by Gasteiger charge is 2.27. The third-order valence-electron chi connectivity index (χ3n) is 5.10. The van der Waals surface area contributed by atoms with Gasteiger partial charge in [0.2, 0.25) is 0 Å². The molecule has 0 saturated carbocycles. The lowest BCUT2D eigenvalue weighted by atomic mass is 10.1. The van der Waals surface area contributed by atoms with Crippen LogP contribution in [0.25, 0.3) is 0 Å². The quantitative estimate of drug-likeness (QED) is 0.589. The lowest BCUT2D eigenvalue weighted by Gasteiger charge is -2.33. The molecule has 0 spiro atoms. The SMILES string of the molecule is CON(C)S(=O)(=O)c1cc(C(=O)NCC(c2ccc(C)o2)N2CCOCC2)ccc1Cl. The molecular formula is C20H26ClN3O6S. The van der Waals surface area contributed by atoms with Gasteiger partial charge in [0.25, 0.3) is 15.9 Å². The minimum absolute atomic E-state index is 0.00213. The van der Waals surface area contributed by atoms with Crippen molar-refractivity contribution in [2.75, 3.05) is 47.0 Å². The summed E-state index contributed by atoms with van der Waals surface area (Å²) < 4.78 is 37.1. The minimum Gasteiger partial charge on any atom is -0.465 e. The van der Waals surface area contributed by atoms with Crippen LogP contribution < -0.4 is 5.32 Å². The number of aryl methyl sites for hydroxylation is 1. The Morgan fingerprint density at radius 1 is 1.29 bits per heavy atom. The standard InChI is InChI=1S/C20H26ClN3O6S/c1-14-4-7-18(30-14)17(24-8-10-29-11-9-24)13-22-20(25)15-5-6-16(21)19(12-15)31(26,27)23(2)28-3/h4-7,12,17H,8-11,13H2,1-3H3,(H,22,25). The summed E-state index contributed by atoms with van der Waals surface area (Å²) in [5, 5.41) is 2.88. The van der Waals surface area contributed by atoms with Gasteiger partial charge in [-0.25, -0.2) is 8.42 Å². The largest absolute Gasteiger partial charge is 0.465 e. The van der Waals surface area contributed by atoms with Crippen LogP contribution in [0.15, 0.2) is 39.6 Å². The molecule has 1 atom stereocenters. The molecule has 1 aromatic heterocycles. The molecule has 3 rings (SSSR count). The summed E-state index contributed by atoms with van der Waals surface area (Å²) in [6, 6.07) is 7.70. The van der Waals surface area contributed by atoms with Crippen molar-refractivity contribution in [1.82, 2.24) is 14.7 Å². The number of carbonyl (C=O) groups excluding carboxylic acids is 1. The number of rotatable bonds is 8. The van der Waals surface area contributed by atoms with Crippen molar-refractivity contribution in [3.8, 4) is 0 Å². The van der Waals surface area contributed by atoms with E-state index < -0.39 is 15.9 Å². The molecular weight excluding hydrogens is 446 g/mol. The topological polar surface area (TPSA) is 101 Å². The second-order valence-corrected chi connectivity index (χ2v) is 9.38. The fraction of sp³-hybridized carbons (Fsp3) is 0.450. The van der Waals surface area contributed by atoms with E-state index in [1.807, 2.05) is 19.1 Å². The molecule has 1 aromatic carbocycles. The maximum atomic E-state index is 12.8. The summed E-state index contributed by atoms with van der Waals surface area (Å²) in [6.07, 6.45) is 0. The average Bonchev–Trinajstić information content (AvgIpc) is 3.19. The van der Waals surface area contributed by atoms with Gasteiger partial charge in [-0.05, 0) is 37.3 Å². The molecule has 1 N–H and O–H groups in total. The van der Waals surface area contributed by atoms with Gasteiger partial charge in [0.1, 0.15) is 16.4 Å². The van der Waals surface area contributed by atoms with Crippen LogP contribution in [-0.2, 0) is 19.6 Å². The third-order valence-corrected chi connectivity index (χ3v) is 7.26. The predicted molar refractivity (Wildman–Crippen MR) is 114 cm³/mol. The molecule has 170 valence electrons. The highest BCUT2D eigenvalue weighted by Crippen LogP contribution is 2.26. The Kier molecular flexibility index (Phi) is 7.73. The molecule has 9 nitrogen and oxygen atoms in total. The van der Waals surface area contributed by atoms with Crippen LogP contribution in [0.2, 0.25) is 5.02 Å². The molecule has 0 bridgehead atoms. The van der Waals surface area contributed by atoms with Crippen molar-refractivity contribution in [2.24, 2.45) is 0 Å². The molecule has 1 fully saturated rings. The molecule has 1 saturated heterocycles. The first kappa shape index (κ1) is 23.7. The van der Waals surface area contributed by atoms with Crippen LogP contribution in [-0.4, -0.2) is 70.7 Å². The Labute approximate surface area is 186 Å². The van der Waals surface area contributed by atoms with Gasteiger partial charge in [-0.15, -0.1) is 0 Å². The van der Waals surface area contributed by atoms with Gasteiger partial charge >= 0.3 is 0 Å². The number of sulfonamides is 1. The molecule has 1 aliphatic heterocycles. The number of ether oxygens (including phenoxy) is 1. The molecule has 31 heavy (non-hydrogen) atoms. The Morgan fingerprint density at radius 3 is 2.61 bits per heavy atom. The summed E-state index contributed by atoms with van der Waals surface area (Å²) in [5.41, 5.74) is 0.170. The zero-order valence-corrected chi connectivity index (χ0v) is 19.2. The van der Waals surface area contributed by atoms with Gasteiger partial charge in [0, 0.05) is 32.2 Å². The molecule has 1 aliphatic rings. The van der Waals surface area contributed by atoms with E-state index in [0.717, 1.165) is 11.5 Å². The zero-order valence-electron chi connectivity index (χ0n) is 17.6.